The second-order valence-electron chi connectivity index (χ2n) is 4.37. The fraction of sp³-hybridized carbons (Fsp3) is 0.286. The Labute approximate surface area is 135 Å². The molecule has 1 N–H and O–H groups in total. The average molecular weight is 344 g/mol. The van der Waals surface area contributed by atoms with E-state index in [-0.39, 0.29) is 5.91 Å². The van der Waals surface area contributed by atoms with Crippen molar-refractivity contribution in [2.24, 2.45) is 0 Å². The van der Waals surface area contributed by atoms with Crippen LogP contribution in [0.15, 0.2) is 17.5 Å². The average Bonchev–Trinajstić information content (AvgIpc) is 3.08. The molecule has 0 aliphatic heterocycles. The quantitative estimate of drug-likeness (QED) is 0.861. The second kappa shape index (κ2) is 6.60. The van der Waals surface area contributed by atoms with Gasteiger partial charge in [0.05, 0.1) is 17.0 Å². The molecule has 0 fully saturated rings. The lowest BCUT2D eigenvalue weighted by molar-refractivity contribution is -0.143. The first-order valence-corrected chi connectivity index (χ1v) is 8.20. The first kappa shape index (κ1) is 16.0. The predicted molar refractivity (Wildman–Crippen MR) is 85.3 cm³/mol. The van der Waals surface area contributed by atoms with Crippen LogP contribution < -0.4 is 5.32 Å². The van der Waals surface area contributed by atoms with Gasteiger partial charge >= 0.3 is 5.97 Å². The molecule has 0 bridgehead atoms. The van der Waals surface area contributed by atoms with Gasteiger partial charge in [-0.3, -0.25) is 4.79 Å². The lowest BCUT2D eigenvalue weighted by Crippen LogP contribution is -2.33. The standard InChI is InChI=1S/C14H14ClNO3S2/c1-7-10(15)8(2)21-12(7)13(17)16-11(14(18)19-3)9-5-4-6-20-9/h4-6,11H,1-3H3,(H,16,17). The first-order chi connectivity index (χ1) is 9.95. The van der Waals surface area contributed by atoms with Crippen LogP contribution in [0.5, 0.6) is 0 Å². The number of halogens is 1. The van der Waals surface area contributed by atoms with E-state index in [4.69, 9.17) is 16.3 Å². The van der Waals surface area contributed by atoms with Crippen LogP contribution in [-0.2, 0) is 9.53 Å². The van der Waals surface area contributed by atoms with E-state index in [0.29, 0.717) is 9.90 Å². The minimum Gasteiger partial charge on any atom is -0.467 e. The molecule has 1 amide bonds. The monoisotopic (exact) mass is 343 g/mol. The molecule has 1 atom stereocenters. The molecule has 112 valence electrons. The topological polar surface area (TPSA) is 55.4 Å². The molecule has 1 unspecified atom stereocenters. The third-order valence-corrected chi connectivity index (χ3v) is 5.80. The van der Waals surface area contributed by atoms with Crippen LogP contribution in [-0.4, -0.2) is 19.0 Å². The maximum absolute atomic E-state index is 12.4. The molecular formula is C14H14ClNO3S2. The highest BCUT2D eigenvalue weighted by atomic mass is 35.5. The van der Waals surface area contributed by atoms with Gasteiger partial charge in [-0.1, -0.05) is 17.7 Å². The maximum Gasteiger partial charge on any atom is 0.333 e. The summed E-state index contributed by atoms with van der Waals surface area (Å²) in [6.45, 7) is 3.65. The van der Waals surface area contributed by atoms with Gasteiger partial charge in [0.25, 0.3) is 5.91 Å². The Morgan fingerprint density at radius 2 is 2.10 bits per heavy atom. The smallest absolute Gasteiger partial charge is 0.333 e. The summed E-state index contributed by atoms with van der Waals surface area (Å²) >= 11 is 8.81. The van der Waals surface area contributed by atoms with Crippen molar-refractivity contribution < 1.29 is 14.3 Å². The molecule has 2 aromatic rings. The van der Waals surface area contributed by atoms with Gasteiger partial charge in [-0.15, -0.1) is 22.7 Å². The molecule has 0 aromatic carbocycles. The lowest BCUT2D eigenvalue weighted by atomic mass is 10.2. The van der Waals surface area contributed by atoms with E-state index in [2.05, 4.69) is 5.32 Å². The molecule has 0 saturated carbocycles. The maximum atomic E-state index is 12.4. The molecule has 4 nitrogen and oxygen atoms in total. The molecular weight excluding hydrogens is 330 g/mol. The van der Waals surface area contributed by atoms with Crippen molar-refractivity contribution in [1.82, 2.24) is 5.32 Å². The number of esters is 1. The normalized spacial score (nSPS) is 12.0. The summed E-state index contributed by atoms with van der Waals surface area (Å²) in [5, 5.41) is 5.15. The van der Waals surface area contributed by atoms with Gasteiger partial charge < -0.3 is 10.1 Å². The van der Waals surface area contributed by atoms with Gasteiger partial charge in [0.1, 0.15) is 0 Å². The van der Waals surface area contributed by atoms with E-state index in [9.17, 15) is 9.59 Å². The Morgan fingerprint density at radius 3 is 2.57 bits per heavy atom. The van der Waals surface area contributed by atoms with Gasteiger partial charge in [-0.25, -0.2) is 4.79 Å². The molecule has 0 radical (unpaired) electrons. The van der Waals surface area contributed by atoms with Crippen LogP contribution in [0.4, 0.5) is 0 Å². The number of aryl methyl sites for hydroxylation is 1. The summed E-state index contributed by atoms with van der Waals surface area (Å²) < 4.78 is 4.76. The van der Waals surface area contributed by atoms with Gasteiger partial charge in [-0.2, -0.15) is 0 Å². The number of carbonyl (C=O) groups excluding carboxylic acids is 2. The molecule has 2 heterocycles. The zero-order valence-corrected chi connectivity index (χ0v) is 14.1. The molecule has 21 heavy (non-hydrogen) atoms. The SMILES string of the molecule is COC(=O)C(NC(=O)c1sc(C)c(Cl)c1C)c1cccs1. The van der Waals surface area contributed by atoms with E-state index >= 15 is 0 Å². The van der Waals surface area contributed by atoms with Crippen molar-refractivity contribution in [3.63, 3.8) is 0 Å². The number of rotatable bonds is 4. The Kier molecular flexibility index (Phi) is 5.03. The summed E-state index contributed by atoms with van der Waals surface area (Å²) in [6, 6.07) is 2.80. The molecule has 0 spiro atoms. The summed E-state index contributed by atoms with van der Waals surface area (Å²) in [4.78, 5) is 26.4. The van der Waals surface area contributed by atoms with Crippen molar-refractivity contribution in [3.8, 4) is 0 Å². The van der Waals surface area contributed by atoms with E-state index in [1.54, 1.807) is 13.0 Å². The number of nitrogens with one attached hydrogen (secondary N) is 1. The van der Waals surface area contributed by atoms with E-state index in [0.717, 1.165) is 15.3 Å². The Hall–Kier alpha value is -1.37. The minimum atomic E-state index is -0.803. The number of amides is 1. The Bertz CT molecular complexity index is 664. The molecule has 2 aromatic heterocycles. The van der Waals surface area contributed by atoms with Crippen molar-refractivity contribution in [2.75, 3.05) is 7.11 Å². The highest BCUT2D eigenvalue weighted by Gasteiger charge is 2.27. The van der Waals surface area contributed by atoms with Crippen LogP contribution in [0.2, 0.25) is 5.02 Å². The first-order valence-electron chi connectivity index (χ1n) is 6.13. The fourth-order valence-electron chi connectivity index (χ4n) is 1.87. The summed E-state index contributed by atoms with van der Waals surface area (Å²) in [5.74, 6) is -0.820. The van der Waals surface area contributed by atoms with Crippen molar-refractivity contribution in [2.45, 2.75) is 19.9 Å². The number of thiophene rings is 2. The summed E-state index contributed by atoms with van der Waals surface area (Å²) in [7, 11) is 1.30. The number of ether oxygens (including phenoxy) is 1. The predicted octanol–water partition coefficient (Wildman–Crippen LogP) is 3.72. The zero-order chi connectivity index (χ0) is 15.6. The van der Waals surface area contributed by atoms with Crippen LogP contribution >= 0.6 is 34.3 Å². The van der Waals surface area contributed by atoms with Gasteiger partial charge in [-0.05, 0) is 30.9 Å². The van der Waals surface area contributed by atoms with Crippen molar-refractivity contribution in [3.05, 3.63) is 42.7 Å². The Morgan fingerprint density at radius 1 is 1.38 bits per heavy atom. The number of carbonyl (C=O) groups is 2. The Balaban J connectivity index is 2.26. The van der Waals surface area contributed by atoms with Crippen molar-refractivity contribution >= 4 is 46.2 Å². The molecule has 0 aliphatic rings. The van der Waals surface area contributed by atoms with Gasteiger partial charge in [0.2, 0.25) is 0 Å². The van der Waals surface area contributed by atoms with Crippen LogP contribution in [0.25, 0.3) is 0 Å². The highest BCUT2D eigenvalue weighted by Crippen LogP contribution is 2.32. The molecule has 0 aliphatic carbocycles. The number of hydrogen-bond donors (Lipinski definition) is 1. The van der Waals surface area contributed by atoms with Crippen molar-refractivity contribution in [1.29, 1.82) is 0 Å². The minimum absolute atomic E-state index is 0.323. The van der Waals surface area contributed by atoms with E-state index < -0.39 is 12.0 Å². The molecule has 0 saturated heterocycles. The third-order valence-electron chi connectivity index (χ3n) is 2.98. The molecule has 2 rings (SSSR count). The van der Waals surface area contributed by atoms with E-state index in [1.165, 1.54) is 29.8 Å². The summed E-state index contributed by atoms with van der Waals surface area (Å²) in [5.41, 5.74) is 0.728. The van der Waals surface area contributed by atoms with Crippen LogP contribution in [0.3, 0.4) is 0 Å². The number of methoxy groups -OCH3 is 1. The second-order valence-corrected chi connectivity index (χ2v) is 6.95. The highest BCUT2D eigenvalue weighted by molar-refractivity contribution is 7.14. The van der Waals surface area contributed by atoms with E-state index in [1.807, 2.05) is 18.4 Å². The van der Waals surface area contributed by atoms with Gasteiger partial charge in [0.15, 0.2) is 6.04 Å². The third kappa shape index (κ3) is 3.28. The summed E-state index contributed by atoms with van der Waals surface area (Å²) in [6.07, 6.45) is 0. The van der Waals surface area contributed by atoms with Crippen LogP contribution in [0.1, 0.15) is 31.0 Å². The largest absolute Gasteiger partial charge is 0.467 e. The number of hydrogen-bond acceptors (Lipinski definition) is 5. The van der Waals surface area contributed by atoms with Gasteiger partial charge in [0, 0.05) is 9.75 Å². The fourth-order valence-corrected chi connectivity index (χ4v) is 3.86. The molecule has 7 heteroatoms. The lowest BCUT2D eigenvalue weighted by Gasteiger charge is -2.14. The zero-order valence-electron chi connectivity index (χ0n) is 11.7. The van der Waals surface area contributed by atoms with Crippen LogP contribution in [0, 0.1) is 13.8 Å².